The van der Waals surface area contributed by atoms with Crippen LogP contribution in [0.25, 0.3) is 0 Å². The van der Waals surface area contributed by atoms with Gasteiger partial charge < -0.3 is 15.8 Å². The smallest absolute Gasteiger partial charge is 0.271 e. The molecule has 100 valence electrons. The molecule has 0 radical (unpaired) electrons. The zero-order valence-electron chi connectivity index (χ0n) is 10.7. The van der Waals surface area contributed by atoms with Gasteiger partial charge in [-0.25, -0.2) is 4.98 Å². The molecule has 1 unspecified atom stereocenters. The highest BCUT2D eigenvalue weighted by atomic mass is 16.5. The van der Waals surface area contributed by atoms with Gasteiger partial charge in [0.25, 0.3) is 5.91 Å². The molecule has 2 rings (SSSR count). The normalized spacial score (nSPS) is 17.6. The molecule has 3 N–H and O–H groups in total. The van der Waals surface area contributed by atoms with E-state index in [2.05, 4.69) is 22.1 Å². The lowest BCUT2D eigenvalue weighted by Crippen LogP contribution is -2.32. The van der Waals surface area contributed by atoms with Crippen LogP contribution in [0.4, 0.5) is 0 Å². The van der Waals surface area contributed by atoms with E-state index in [1.807, 2.05) is 0 Å². The number of ether oxygens (including phenoxy) is 1. The maximum atomic E-state index is 12.1. The van der Waals surface area contributed by atoms with Gasteiger partial charge in [-0.05, 0) is 25.0 Å². The van der Waals surface area contributed by atoms with E-state index in [-0.39, 0.29) is 18.6 Å². The number of amides is 1. The third-order valence-corrected chi connectivity index (χ3v) is 2.86. The van der Waals surface area contributed by atoms with Crippen molar-refractivity contribution >= 4 is 5.91 Å². The first-order valence-corrected chi connectivity index (χ1v) is 6.35. The third-order valence-electron chi connectivity index (χ3n) is 2.86. The molecule has 0 spiro atoms. The van der Waals surface area contributed by atoms with Gasteiger partial charge in [-0.15, -0.1) is 0 Å². The van der Waals surface area contributed by atoms with Crippen molar-refractivity contribution in [3.63, 3.8) is 0 Å². The molecule has 1 aliphatic rings. The van der Waals surface area contributed by atoms with Crippen LogP contribution in [0.15, 0.2) is 18.3 Å². The highest BCUT2D eigenvalue weighted by Crippen LogP contribution is 2.11. The van der Waals surface area contributed by atoms with Gasteiger partial charge in [0.1, 0.15) is 5.69 Å². The molecule has 1 saturated heterocycles. The number of hydrogen-bond donors (Lipinski definition) is 2. The highest BCUT2D eigenvalue weighted by molar-refractivity contribution is 5.94. The predicted molar refractivity (Wildman–Crippen MR) is 71.5 cm³/mol. The molecule has 0 saturated carbocycles. The van der Waals surface area contributed by atoms with Crippen LogP contribution < -0.4 is 11.1 Å². The lowest BCUT2D eigenvalue weighted by atomic mass is 10.2. The summed E-state index contributed by atoms with van der Waals surface area (Å²) in [6.45, 7) is 1.54. The van der Waals surface area contributed by atoms with E-state index < -0.39 is 0 Å². The summed E-state index contributed by atoms with van der Waals surface area (Å²) >= 11 is 0. The fourth-order valence-corrected chi connectivity index (χ4v) is 1.93. The zero-order valence-corrected chi connectivity index (χ0v) is 10.7. The van der Waals surface area contributed by atoms with Gasteiger partial charge in [-0.3, -0.25) is 4.79 Å². The molecule has 2 heterocycles. The molecular weight excluding hydrogens is 242 g/mol. The van der Waals surface area contributed by atoms with Crippen molar-refractivity contribution in [3.8, 4) is 11.8 Å². The molecule has 0 aliphatic carbocycles. The van der Waals surface area contributed by atoms with Crippen molar-refractivity contribution in [2.75, 3.05) is 19.7 Å². The Labute approximate surface area is 112 Å². The van der Waals surface area contributed by atoms with Gasteiger partial charge in [0.2, 0.25) is 0 Å². The third kappa shape index (κ3) is 3.78. The van der Waals surface area contributed by atoms with Crippen molar-refractivity contribution in [1.82, 2.24) is 10.3 Å². The Balaban J connectivity index is 2.01. The number of carbonyl (C=O) groups excluding carboxylic acids is 1. The van der Waals surface area contributed by atoms with Crippen molar-refractivity contribution in [2.24, 2.45) is 5.73 Å². The molecule has 1 aromatic rings. The Hall–Kier alpha value is -1.90. The standard InChI is InChI=1S/C14H17N3O2/c15-7-1-4-11-5-2-8-16-13(11)14(18)17-10-12-6-3-9-19-12/h2,5,8,12H,3,6-7,9-10,15H2,(H,17,18). The van der Waals surface area contributed by atoms with Crippen LogP contribution in [0.1, 0.15) is 28.9 Å². The van der Waals surface area contributed by atoms with Crippen molar-refractivity contribution < 1.29 is 9.53 Å². The average Bonchev–Trinajstić information content (AvgIpc) is 2.96. The van der Waals surface area contributed by atoms with Crippen LogP contribution in [0.5, 0.6) is 0 Å². The van der Waals surface area contributed by atoms with Gasteiger partial charge >= 0.3 is 0 Å². The summed E-state index contributed by atoms with van der Waals surface area (Å²) in [7, 11) is 0. The summed E-state index contributed by atoms with van der Waals surface area (Å²) in [5.41, 5.74) is 6.26. The second-order valence-corrected chi connectivity index (χ2v) is 4.25. The van der Waals surface area contributed by atoms with Crippen LogP contribution in [-0.2, 0) is 4.74 Å². The van der Waals surface area contributed by atoms with Crippen molar-refractivity contribution in [1.29, 1.82) is 0 Å². The molecule has 5 heteroatoms. The summed E-state index contributed by atoms with van der Waals surface area (Å²) in [5, 5.41) is 2.83. The van der Waals surface area contributed by atoms with E-state index in [0.717, 1.165) is 19.4 Å². The molecular formula is C14H17N3O2. The summed E-state index contributed by atoms with van der Waals surface area (Å²) in [6, 6.07) is 3.51. The summed E-state index contributed by atoms with van der Waals surface area (Å²) in [5.74, 6) is 5.36. The van der Waals surface area contributed by atoms with Crippen LogP contribution in [0, 0.1) is 11.8 Å². The largest absolute Gasteiger partial charge is 0.376 e. The number of carbonyl (C=O) groups is 1. The lowest BCUT2D eigenvalue weighted by molar-refractivity contribution is 0.0853. The van der Waals surface area contributed by atoms with Crippen molar-refractivity contribution in [2.45, 2.75) is 18.9 Å². The number of nitrogens with one attached hydrogen (secondary N) is 1. The number of hydrogen-bond acceptors (Lipinski definition) is 4. The minimum absolute atomic E-state index is 0.117. The van der Waals surface area contributed by atoms with Gasteiger partial charge in [0.05, 0.1) is 18.2 Å². The van der Waals surface area contributed by atoms with Crippen LogP contribution >= 0.6 is 0 Å². The van der Waals surface area contributed by atoms with Crippen molar-refractivity contribution in [3.05, 3.63) is 29.6 Å². The fraction of sp³-hybridized carbons (Fsp3) is 0.429. The van der Waals surface area contributed by atoms with E-state index in [1.54, 1.807) is 18.3 Å². The predicted octanol–water partition coefficient (Wildman–Crippen LogP) is 0.301. The Morgan fingerprint density at radius 1 is 1.63 bits per heavy atom. The van der Waals surface area contributed by atoms with Crippen LogP contribution in [0.2, 0.25) is 0 Å². The van der Waals surface area contributed by atoms with E-state index >= 15 is 0 Å². The van der Waals surface area contributed by atoms with E-state index in [1.165, 1.54) is 0 Å². The van der Waals surface area contributed by atoms with E-state index in [4.69, 9.17) is 10.5 Å². The monoisotopic (exact) mass is 259 g/mol. The average molecular weight is 259 g/mol. The Kier molecular flexibility index (Phi) is 4.90. The van der Waals surface area contributed by atoms with Crippen LogP contribution in [-0.4, -0.2) is 36.7 Å². The Bertz CT molecular complexity index is 499. The second kappa shape index (κ2) is 6.88. The first-order chi connectivity index (χ1) is 9.31. The van der Waals surface area contributed by atoms with Gasteiger partial charge in [0, 0.05) is 19.3 Å². The molecule has 5 nitrogen and oxygen atoms in total. The quantitative estimate of drug-likeness (QED) is 0.765. The Morgan fingerprint density at radius 3 is 3.26 bits per heavy atom. The maximum absolute atomic E-state index is 12.1. The number of aromatic nitrogens is 1. The number of rotatable bonds is 3. The Morgan fingerprint density at radius 2 is 2.53 bits per heavy atom. The highest BCUT2D eigenvalue weighted by Gasteiger charge is 2.18. The number of nitrogens with two attached hydrogens (primary N) is 1. The maximum Gasteiger partial charge on any atom is 0.271 e. The number of pyridine rings is 1. The summed E-state index contributed by atoms with van der Waals surface area (Å²) in [4.78, 5) is 16.1. The molecule has 1 fully saturated rings. The fourth-order valence-electron chi connectivity index (χ4n) is 1.93. The molecule has 1 amide bonds. The first-order valence-electron chi connectivity index (χ1n) is 6.35. The summed E-state index contributed by atoms with van der Waals surface area (Å²) < 4.78 is 5.45. The minimum Gasteiger partial charge on any atom is -0.376 e. The molecule has 1 aromatic heterocycles. The molecule has 1 aliphatic heterocycles. The topological polar surface area (TPSA) is 77.2 Å². The van der Waals surface area contributed by atoms with E-state index in [9.17, 15) is 4.79 Å². The van der Waals surface area contributed by atoms with Gasteiger partial charge in [-0.2, -0.15) is 0 Å². The molecule has 1 atom stereocenters. The second-order valence-electron chi connectivity index (χ2n) is 4.25. The first kappa shape index (κ1) is 13.5. The van der Waals surface area contributed by atoms with Gasteiger partial charge in [-0.1, -0.05) is 11.8 Å². The van der Waals surface area contributed by atoms with Crippen LogP contribution in [0.3, 0.4) is 0 Å². The SMILES string of the molecule is NCC#Cc1cccnc1C(=O)NCC1CCCO1. The molecule has 0 bridgehead atoms. The van der Waals surface area contributed by atoms with Gasteiger partial charge in [0.15, 0.2) is 0 Å². The lowest BCUT2D eigenvalue weighted by Gasteiger charge is -2.10. The number of nitrogens with zero attached hydrogens (tertiary/aromatic N) is 1. The molecule has 0 aromatic carbocycles. The zero-order chi connectivity index (χ0) is 13.5. The van der Waals surface area contributed by atoms with E-state index in [0.29, 0.717) is 17.8 Å². The minimum atomic E-state index is -0.225. The molecule has 19 heavy (non-hydrogen) atoms. The summed E-state index contributed by atoms with van der Waals surface area (Å²) in [6.07, 6.45) is 3.74.